The van der Waals surface area contributed by atoms with Crippen molar-refractivity contribution >= 4 is 22.9 Å². The number of hydrogen-bond acceptors (Lipinski definition) is 4. The van der Waals surface area contributed by atoms with Crippen LogP contribution in [0.15, 0.2) is 41.8 Å². The Balaban J connectivity index is 1.58. The van der Waals surface area contributed by atoms with Crippen LogP contribution in [0.4, 0.5) is 5.69 Å². The fourth-order valence-electron chi connectivity index (χ4n) is 3.13. The summed E-state index contributed by atoms with van der Waals surface area (Å²) in [5, 5.41) is 14.8. The molecule has 5 heteroatoms. The number of nitrogens with zero attached hydrogens (tertiary/aromatic N) is 1. The predicted molar refractivity (Wildman–Crippen MR) is 98.7 cm³/mol. The van der Waals surface area contributed by atoms with Crippen LogP contribution in [-0.2, 0) is 6.42 Å². The summed E-state index contributed by atoms with van der Waals surface area (Å²) in [5.41, 5.74) is 1.70. The lowest BCUT2D eigenvalue weighted by Crippen LogP contribution is -2.40. The van der Waals surface area contributed by atoms with Gasteiger partial charge in [-0.3, -0.25) is 4.79 Å². The van der Waals surface area contributed by atoms with E-state index in [4.69, 9.17) is 0 Å². The van der Waals surface area contributed by atoms with Gasteiger partial charge in [-0.05, 0) is 54.8 Å². The number of benzene rings is 1. The van der Waals surface area contributed by atoms with Gasteiger partial charge in [0.2, 0.25) is 0 Å². The van der Waals surface area contributed by atoms with E-state index >= 15 is 0 Å². The molecule has 1 saturated heterocycles. The van der Waals surface area contributed by atoms with Gasteiger partial charge in [-0.2, -0.15) is 0 Å². The Hall–Kier alpha value is -1.85. The lowest BCUT2D eigenvalue weighted by Gasteiger charge is -2.32. The van der Waals surface area contributed by atoms with E-state index < -0.39 is 0 Å². The number of piperidine rings is 1. The first-order valence-corrected chi connectivity index (χ1v) is 9.40. The SMILES string of the molecule is O=C(c1cccc(NCCc2cccs2)c1)N1CCC[C@H](CO)C1. The Morgan fingerprint density at radius 2 is 2.25 bits per heavy atom. The molecule has 128 valence electrons. The van der Waals surface area contributed by atoms with Crippen LogP contribution in [0.5, 0.6) is 0 Å². The summed E-state index contributed by atoms with van der Waals surface area (Å²) in [6, 6.07) is 11.9. The minimum Gasteiger partial charge on any atom is -0.396 e. The average Bonchev–Trinajstić information content (AvgIpc) is 3.15. The number of nitrogens with one attached hydrogen (secondary N) is 1. The average molecular weight is 344 g/mol. The number of carbonyl (C=O) groups is 1. The summed E-state index contributed by atoms with van der Waals surface area (Å²) >= 11 is 1.77. The first-order valence-electron chi connectivity index (χ1n) is 8.52. The minimum absolute atomic E-state index is 0.0649. The van der Waals surface area contributed by atoms with Crippen molar-refractivity contribution in [1.29, 1.82) is 0 Å². The van der Waals surface area contributed by atoms with E-state index in [2.05, 4.69) is 22.8 Å². The zero-order valence-corrected chi connectivity index (χ0v) is 14.6. The van der Waals surface area contributed by atoms with Gasteiger partial charge in [0.05, 0.1) is 0 Å². The number of anilines is 1. The number of carbonyl (C=O) groups excluding carboxylic acids is 1. The normalized spacial score (nSPS) is 17.7. The first-order chi connectivity index (χ1) is 11.8. The van der Waals surface area contributed by atoms with Gasteiger partial charge >= 0.3 is 0 Å². The van der Waals surface area contributed by atoms with Crippen LogP contribution in [0.2, 0.25) is 0 Å². The highest BCUT2D eigenvalue weighted by molar-refractivity contribution is 7.09. The van der Waals surface area contributed by atoms with Crippen LogP contribution in [0.25, 0.3) is 0 Å². The summed E-state index contributed by atoms with van der Waals surface area (Å²) in [5.74, 6) is 0.282. The molecule has 0 saturated carbocycles. The summed E-state index contributed by atoms with van der Waals surface area (Å²) in [6.07, 6.45) is 2.96. The van der Waals surface area contributed by atoms with Crippen molar-refractivity contribution < 1.29 is 9.90 Å². The van der Waals surface area contributed by atoms with E-state index in [0.29, 0.717) is 6.54 Å². The highest BCUT2D eigenvalue weighted by Crippen LogP contribution is 2.20. The molecule has 1 aromatic carbocycles. The Morgan fingerprint density at radius 1 is 1.33 bits per heavy atom. The van der Waals surface area contributed by atoms with Crippen LogP contribution < -0.4 is 5.32 Å². The van der Waals surface area contributed by atoms with Crippen molar-refractivity contribution in [2.45, 2.75) is 19.3 Å². The first kappa shape index (κ1) is 17.0. The van der Waals surface area contributed by atoms with E-state index in [0.717, 1.165) is 43.6 Å². The largest absolute Gasteiger partial charge is 0.396 e. The van der Waals surface area contributed by atoms with E-state index in [-0.39, 0.29) is 18.4 Å². The van der Waals surface area contributed by atoms with Gasteiger partial charge in [0.1, 0.15) is 0 Å². The van der Waals surface area contributed by atoms with Crippen LogP contribution in [0.3, 0.4) is 0 Å². The van der Waals surface area contributed by atoms with E-state index in [1.807, 2.05) is 29.2 Å². The van der Waals surface area contributed by atoms with Gasteiger partial charge in [0.25, 0.3) is 5.91 Å². The fraction of sp³-hybridized carbons (Fsp3) is 0.421. The van der Waals surface area contributed by atoms with Crippen molar-refractivity contribution in [2.75, 3.05) is 31.6 Å². The molecule has 1 aliphatic heterocycles. The second kappa shape index (κ2) is 8.31. The molecule has 1 atom stereocenters. The molecule has 1 amide bonds. The Morgan fingerprint density at radius 3 is 3.04 bits per heavy atom. The molecule has 2 N–H and O–H groups in total. The molecule has 0 aliphatic carbocycles. The van der Waals surface area contributed by atoms with Crippen LogP contribution in [0, 0.1) is 5.92 Å². The molecule has 4 nitrogen and oxygen atoms in total. The van der Waals surface area contributed by atoms with Gasteiger partial charge in [0, 0.05) is 42.4 Å². The van der Waals surface area contributed by atoms with Crippen molar-refractivity contribution in [3.8, 4) is 0 Å². The summed E-state index contributed by atoms with van der Waals surface area (Å²) < 4.78 is 0. The van der Waals surface area contributed by atoms with E-state index in [9.17, 15) is 9.90 Å². The number of aliphatic hydroxyl groups is 1. The van der Waals surface area contributed by atoms with Crippen molar-refractivity contribution in [3.05, 3.63) is 52.2 Å². The Bertz CT molecular complexity index is 657. The molecule has 0 bridgehead atoms. The van der Waals surface area contributed by atoms with Gasteiger partial charge in [-0.25, -0.2) is 0 Å². The molecule has 1 fully saturated rings. The molecule has 0 radical (unpaired) electrons. The number of likely N-dealkylation sites (tertiary alicyclic amines) is 1. The van der Waals surface area contributed by atoms with E-state index in [1.165, 1.54) is 4.88 Å². The second-order valence-electron chi connectivity index (χ2n) is 6.28. The molecule has 24 heavy (non-hydrogen) atoms. The standard InChI is InChI=1S/C19H24N2O2S/c22-14-15-4-2-10-21(13-15)19(23)16-5-1-6-17(12-16)20-9-8-18-7-3-11-24-18/h1,3,5-7,11-12,15,20,22H,2,4,8-10,13-14H2/t15-/m0/s1. The minimum atomic E-state index is 0.0649. The smallest absolute Gasteiger partial charge is 0.253 e. The summed E-state index contributed by atoms with van der Waals surface area (Å²) in [7, 11) is 0. The molecule has 0 unspecified atom stereocenters. The maximum atomic E-state index is 12.7. The lowest BCUT2D eigenvalue weighted by molar-refractivity contribution is 0.0621. The molecule has 3 rings (SSSR count). The monoisotopic (exact) mass is 344 g/mol. The van der Waals surface area contributed by atoms with Crippen LogP contribution >= 0.6 is 11.3 Å². The number of hydrogen-bond donors (Lipinski definition) is 2. The number of thiophene rings is 1. The van der Waals surface area contributed by atoms with Crippen LogP contribution in [0.1, 0.15) is 28.1 Å². The topological polar surface area (TPSA) is 52.6 Å². The maximum absolute atomic E-state index is 12.7. The second-order valence-corrected chi connectivity index (χ2v) is 7.31. The zero-order valence-electron chi connectivity index (χ0n) is 13.8. The molecule has 1 aliphatic rings. The number of rotatable bonds is 6. The van der Waals surface area contributed by atoms with Gasteiger partial charge in [-0.1, -0.05) is 12.1 Å². The van der Waals surface area contributed by atoms with Gasteiger partial charge in [-0.15, -0.1) is 11.3 Å². The molecule has 1 aromatic heterocycles. The molecular formula is C19H24N2O2S. The third kappa shape index (κ3) is 4.36. The number of aliphatic hydroxyl groups excluding tert-OH is 1. The predicted octanol–water partition coefficient (Wildman–Crippen LogP) is 3.25. The summed E-state index contributed by atoms with van der Waals surface area (Å²) in [4.78, 5) is 15.9. The molecule has 2 heterocycles. The van der Waals surface area contributed by atoms with Crippen molar-refractivity contribution in [1.82, 2.24) is 4.90 Å². The van der Waals surface area contributed by atoms with E-state index in [1.54, 1.807) is 11.3 Å². The summed E-state index contributed by atoms with van der Waals surface area (Å²) in [6.45, 7) is 2.46. The molecule has 0 spiro atoms. The highest BCUT2D eigenvalue weighted by Gasteiger charge is 2.24. The third-order valence-corrected chi connectivity index (χ3v) is 5.39. The fourth-order valence-corrected chi connectivity index (χ4v) is 3.84. The maximum Gasteiger partial charge on any atom is 0.253 e. The Kier molecular flexibility index (Phi) is 5.88. The lowest BCUT2D eigenvalue weighted by atomic mass is 9.98. The van der Waals surface area contributed by atoms with Crippen LogP contribution in [-0.4, -0.2) is 42.2 Å². The number of amides is 1. The zero-order chi connectivity index (χ0) is 16.8. The van der Waals surface area contributed by atoms with Crippen molar-refractivity contribution in [2.24, 2.45) is 5.92 Å². The highest BCUT2D eigenvalue weighted by atomic mass is 32.1. The van der Waals surface area contributed by atoms with Crippen molar-refractivity contribution in [3.63, 3.8) is 0 Å². The molecular weight excluding hydrogens is 320 g/mol. The van der Waals surface area contributed by atoms with Gasteiger partial charge < -0.3 is 15.3 Å². The Labute approximate surface area is 147 Å². The van der Waals surface area contributed by atoms with Gasteiger partial charge in [0.15, 0.2) is 0 Å². The third-order valence-electron chi connectivity index (χ3n) is 4.45. The quantitative estimate of drug-likeness (QED) is 0.846. The molecule has 2 aromatic rings.